The Hall–Kier alpha value is -0.800. The van der Waals surface area contributed by atoms with Crippen molar-refractivity contribution in [3.8, 4) is 0 Å². The van der Waals surface area contributed by atoms with Gasteiger partial charge in [-0.3, -0.25) is 0 Å². The summed E-state index contributed by atoms with van der Waals surface area (Å²) in [5.74, 6) is 1.86. The van der Waals surface area contributed by atoms with Gasteiger partial charge < -0.3 is 14.6 Å². The second kappa shape index (κ2) is 9.19. The van der Waals surface area contributed by atoms with Gasteiger partial charge in [0, 0.05) is 25.0 Å². The first-order valence-corrected chi connectivity index (χ1v) is 8.00. The SMILES string of the molecule is CCC(CC)C(CNC(C)CCc1ccco1)N(C)C. The maximum absolute atomic E-state index is 5.38. The number of aryl methyl sites for hydroxylation is 1. The van der Waals surface area contributed by atoms with Crippen molar-refractivity contribution in [3.05, 3.63) is 24.2 Å². The predicted molar refractivity (Wildman–Crippen MR) is 86.0 cm³/mol. The summed E-state index contributed by atoms with van der Waals surface area (Å²) in [7, 11) is 4.39. The molecule has 0 aliphatic heterocycles. The molecule has 0 radical (unpaired) electrons. The van der Waals surface area contributed by atoms with Gasteiger partial charge in [0.15, 0.2) is 0 Å². The van der Waals surface area contributed by atoms with Crippen LogP contribution < -0.4 is 5.32 Å². The fourth-order valence-corrected chi connectivity index (χ4v) is 2.84. The van der Waals surface area contributed by atoms with E-state index >= 15 is 0 Å². The number of hydrogen-bond acceptors (Lipinski definition) is 3. The van der Waals surface area contributed by atoms with Crippen LogP contribution >= 0.6 is 0 Å². The van der Waals surface area contributed by atoms with Crippen LogP contribution in [0.15, 0.2) is 22.8 Å². The van der Waals surface area contributed by atoms with E-state index < -0.39 is 0 Å². The van der Waals surface area contributed by atoms with Gasteiger partial charge in [0.05, 0.1) is 6.26 Å². The van der Waals surface area contributed by atoms with Crippen LogP contribution in [-0.2, 0) is 6.42 Å². The fraction of sp³-hybridized carbons (Fsp3) is 0.765. The van der Waals surface area contributed by atoms with Crippen molar-refractivity contribution >= 4 is 0 Å². The Morgan fingerprint density at radius 1 is 1.25 bits per heavy atom. The van der Waals surface area contributed by atoms with Crippen molar-refractivity contribution in [2.24, 2.45) is 5.92 Å². The van der Waals surface area contributed by atoms with E-state index in [0.717, 1.165) is 31.1 Å². The number of furan rings is 1. The molecule has 0 aliphatic carbocycles. The van der Waals surface area contributed by atoms with E-state index in [2.05, 4.69) is 51.1 Å². The number of likely N-dealkylation sites (N-methyl/N-ethyl adjacent to an activating group) is 1. The highest BCUT2D eigenvalue weighted by atomic mass is 16.3. The van der Waals surface area contributed by atoms with Gasteiger partial charge in [0.1, 0.15) is 5.76 Å². The van der Waals surface area contributed by atoms with Crippen molar-refractivity contribution in [1.82, 2.24) is 10.2 Å². The lowest BCUT2D eigenvalue weighted by Crippen LogP contribution is -2.45. The number of nitrogens with zero attached hydrogens (tertiary/aromatic N) is 1. The van der Waals surface area contributed by atoms with Crippen LogP contribution in [0.2, 0.25) is 0 Å². The molecule has 1 rings (SSSR count). The van der Waals surface area contributed by atoms with E-state index in [1.807, 2.05) is 6.07 Å². The number of hydrogen-bond donors (Lipinski definition) is 1. The molecular formula is C17H32N2O. The van der Waals surface area contributed by atoms with E-state index in [1.165, 1.54) is 12.8 Å². The molecule has 0 aromatic carbocycles. The minimum atomic E-state index is 0.525. The van der Waals surface area contributed by atoms with E-state index in [-0.39, 0.29) is 0 Å². The quantitative estimate of drug-likeness (QED) is 0.710. The molecule has 2 atom stereocenters. The summed E-state index contributed by atoms with van der Waals surface area (Å²) < 4.78 is 5.38. The number of nitrogens with one attached hydrogen (secondary N) is 1. The summed E-state index contributed by atoms with van der Waals surface area (Å²) >= 11 is 0. The molecule has 0 saturated carbocycles. The van der Waals surface area contributed by atoms with Gasteiger partial charge in [0.25, 0.3) is 0 Å². The first-order valence-electron chi connectivity index (χ1n) is 8.00. The molecule has 3 heteroatoms. The first kappa shape index (κ1) is 17.3. The largest absolute Gasteiger partial charge is 0.469 e. The van der Waals surface area contributed by atoms with Crippen molar-refractivity contribution in [2.75, 3.05) is 20.6 Å². The van der Waals surface area contributed by atoms with Gasteiger partial charge in [0.2, 0.25) is 0 Å². The summed E-state index contributed by atoms with van der Waals surface area (Å²) in [5.41, 5.74) is 0. The molecule has 0 aliphatic rings. The minimum Gasteiger partial charge on any atom is -0.469 e. The zero-order valence-electron chi connectivity index (χ0n) is 13.9. The van der Waals surface area contributed by atoms with Gasteiger partial charge in [-0.15, -0.1) is 0 Å². The summed E-state index contributed by atoms with van der Waals surface area (Å²) in [5, 5.41) is 3.69. The van der Waals surface area contributed by atoms with Crippen LogP contribution in [0.1, 0.15) is 45.8 Å². The Morgan fingerprint density at radius 2 is 1.95 bits per heavy atom. The summed E-state index contributed by atoms with van der Waals surface area (Å²) in [6.45, 7) is 7.93. The summed E-state index contributed by atoms with van der Waals surface area (Å²) in [6.07, 6.45) is 6.39. The van der Waals surface area contributed by atoms with E-state index in [4.69, 9.17) is 4.42 Å². The molecule has 1 aromatic rings. The number of rotatable bonds is 10. The Labute approximate surface area is 124 Å². The average Bonchev–Trinajstić information content (AvgIpc) is 2.94. The monoisotopic (exact) mass is 280 g/mol. The Balaban J connectivity index is 2.34. The third-order valence-corrected chi connectivity index (χ3v) is 4.34. The highest BCUT2D eigenvalue weighted by molar-refractivity contribution is 4.98. The molecule has 0 spiro atoms. The molecule has 0 saturated heterocycles. The van der Waals surface area contributed by atoms with Crippen LogP contribution in [0.4, 0.5) is 0 Å². The molecule has 0 fully saturated rings. The third-order valence-electron chi connectivity index (χ3n) is 4.34. The lowest BCUT2D eigenvalue weighted by molar-refractivity contribution is 0.189. The predicted octanol–water partition coefficient (Wildman–Crippen LogP) is 3.56. The van der Waals surface area contributed by atoms with Crippen molar-refractivity contribution in [3.63, 3.8) is 0 Å². The topological polar surface area (TPSA) is 28.4 Å². The zero-order chi connectivity index (χ0) is 15.0. The van der Waals surface area contributed by atoms with Crippen molar-refractivity contribution in [2.45, 2.75) is 58.5 Å². The molecule has 1 aromatic heterocycles. The Morgan fingerprint density at radius 3 is 2.45 bits per heavy atom. The van der Waals surface area contributed by atoms with Gasteiger partial charge in [-0.2, -0.15) is 0 Å². The summed E-state index contributed by atoms with van der Waals surface area (Å²) in [4.78, 5) is 2.36. The Bertz CT molecular complexity index is 331. The molecule has 3 nitrogen and oxygen atoms in total. The van der Waals surface area contributed by atoms with Crippen LogP contribution in [0.3, 0.4) is 0 Å². The highest BCUT2D eigenvalue weighted by Gasteiger charge is 2.20. The van der Waals surface area contributed by atoms with Crippen LogP contribution in [0.25, 0.3) is 0 Å². The molecule has 116 valence electrons. The molecule has 0 bridgehead atoms. The first-order chi connectivity index (χ1) is 9.58. The van der Waals surface area contributed by atoms with Crippen LogP contribution in [-0.4, -0.2) is 37.6 Å². The molecule has 2 unspecified atom stereocenters. The standard InChI is InChI=1S/C17H32N2O/c1-6-15(7-2)17(19(4)5)13-18-14(3)10-11-16-9-8-12-20-16/h8-9,12,14-15,17-18H,6-7,10-11,13H2,1-5H3. The lowest BCUT2D eigenvalue weighted by Gasteiger charge is -2.32. The Kier molecular flexibility index (Phi) is 7.93. The normalized spacial score (nSPS) is 14.9. The van der Waals surface area contributed by atoms with Crippen molar-refractivity contribution < 1.29 is 4.42 Å². The van der Waals surface area contributed by atoms with Crippen LogP contribution in [0.5, 0.6) is 0 Å². The molecule has 1 heterocycles. The molecule has 0 amide bonds. The molecule has 1 N–H and O–H groups in total. The second-order valence-electron chi connectivity index (χ2n) is 6.03. The van der Waals surface area contributed by atoms with E-state index in [9.17, 15) is 0 Å². The highest BCUT2D eigenvalue weighted by Crippen LogP contribution is 2.16. The van der Waals surface area contributed by atoms with Crippen LogP contribution in [0, 0.1) is 5.92 Å². The van der Waals surface area contributed by atoms with Gasteiger partial charge in [-0.1, -0.05) is 26.7 Å². The fourth-order valence-electron chi connectivity index (χ4n) is 2.84. The van der Waals surface area contributed by atoms with Gasteiger partial charge in [-0.25, -0.2) is 0 Å². The van der Waals surface area contributed by atoms with Crippen molar-refractivity contribution in [1.29, 1.82) is 0 Å². The summed E-state index contributed by atoms with van der Waals surface area (Å²) in [6, 6.07) is 5.16. The smallest absolute Gasteiger partial charge is 0.103 e. The lowest BCUT2D eigenvalue weighted by atomic mass is 9.93. The maximum Gasteiger partial charge on any atom is 0.103 e. The molecular weight excluding hydrogens is 248 g/mol. The third kappa shape index (κ3) is 5.68. The van der Waals surface area contributed by atoms with E-state index in [1.54, 1.807) is 6.26 Å². The minimum absolute atomic E-state index is 0.525. The van der Waals surface area contributed by atoms with Gasteiger partial charge in [-0.05, 0) is 45.5 Å². The second-order valence-corrected chi connectivity index (χ2v) is 6.03. The molecule has 20 heavy (non-hydrogen) atoms. The zero-order valence-corrected chi connectivity index (χ0v) is 13.9. The van der Waals surface area contributed by atoms with Gasteiger partial charge >= 0.3 is 0 Å². The van der Waals surface area contributed by atoms with E-state index in [0.29, 0.717) is 12.1 Å². The maximum atomic E-state index is 5.38. The average molecular weight is 280 g/mol.